The molecule has 2 aliphatic rings. The van der Waals surface area contributed by atoms with Crippen molar-refractivity contribution in [3.63, 3.8) is 0 Å². The molecule has 0 unspecified atom stereocenters. The van der Waals surface area contributed by atoms with Gasteiger partial charge in [0.15, 0.2) is 0 Å². The number of hydrogen-bond donors (Lipinski definition) is 2. The lowest BCUT2D eigenvalue weighted by molar-refractivity contribution is -0.185. The highest BCUT2D eigenvalue weighted by molar-refractivity contribution is 5.92. The summed E-state index contributed by atoms with van der Waals surface area (Å²) in [6, 6.07) is 18.6. The van der Waals surface area contributed by atoms with Gasteiger partial charge in [0.2, 0.25) is 11.8 Å². The van der Waals surface area contributed by atoms with Crippen LogP contribution in [0.15, 0.2) is 79.5 Å². The van der Waals surface area contributed by atoms with Crippen molar-refractivity contribution in [3.05, 3.63) is 96.5 Å². The van der Waals surface area contributed by atoms with E-state index < -0.39 is 18.2 Å². The number of carbonyl (C=O) groups excluding carboxylic acids is 3. The fourth-order valence-corrected chi connectivity index (χ4v) is 5.53. The van der Waals surface area contributed by atoms with Crippen LogP contribution in [-0.2, 0) is 22.7 Å². The largest absolute Gasteiger partial charge is 0.338 e. The summed E-state index contributed by atoms with van der Waals surface area (Å²) in [5, 5.41) is 7.92. The molecule has 3 aromatic rings. The van der Waals surface area contributed by atoms with E-state index in [4.69, 9.17) is 5.73 Å². The van der Waals surface area contributed by atoms with Gasteiger partial charge in [0.25, 0.3) is 0 Å². The Kier molecular flexibility index (Phi) is 7.97. The maximum Gasteiger partial charge on any atom is 0.338 e. The highest BCUT2D eigenvalue weighted by Gasteiger charge is 2.50. The minimum Gasteiger partial charge on any atom is -0.333 e. The van der Waals surface area contributed by atoms with Gasteiger partial charge in [0.1, 0.15) is 24.6 Å². The van der Waals surface area contributed by atoms with Crippen LogP contribution in [-0.4, -0.2) is 69.5 Å². The Bertz CT molecular complexity index is 1410. The van der Waals surface area contributed by atoms with Crippen LogP contribution in [0.3, 0.4) is 0 Å². The number of benzene rings is 3. The summed E-state index contributed by atoms with van der Waals surface area (Å²) in [5.74, 6) is -0.780. The first-order valence-electron chi connectivity index (χ1n) is 13.4. The van der Waals surface area contributed by atoms with E-state index in [0.717, 1.165) is 21.9 Å². The number of nitrogens with zero attached hydrogens (tertiary/aromatic N) is 4. The molecule has 2 heterocycles. The second-order valence-corrected chi connectivity index (χ2v) is 10.00. The molecule has 2 fully saturated rings. The van der Waals surface area contributed by atoms with Crippen LogP contribution in [0.2, 0.25) is 0 Å². The number of hydrogen-bond acceptors (Lipinski definition) is 5. The molecular weight excluding hydrogens is 511 g/mol. The molecule has 5 rings (SSSR count). The van der Waals surface area contributed by atoms with Crippen LogP contribution in [0.25, 0.3) is 10.8 Å². The Morgan fingerprint density at radius 3 is 2.58 bits per heavy atom. The van der Waals surface area contributed by atoms with Crippen molar-refractivity contribution in [1.82, 2.24) is 25.1 Å². The Balaban J connectivity index is 1.46. The van der Waals surface area contributed by atoms with Crippen LogP contribution in [0.1, 0.15) is 24.0 Å². The Morgan fingerprint density at radius 2 is 1.82 bits per heavy atom. The number of fused-ring (bicyclic) bond motifs is 2. The molecule has 208 valence electrons. The van der Waals surface area contributed by atoms with Gasteiger partial charge in [0.05, 0.1) is 6.54 Å². The second kappa shape index (κ2) is 11.7. The first kappa shape index (κ1) is 27.1. The summed E-state index contributed by atoms with van der Waals surface area (Å²) < 4.78 is 13.3. The SMILES string of the molecule is C=CN1CC(=O)N2[C@@H](CCCN)C(=O)N(Cc3cccc4ccccc34)C[C@@H]2N1C(=O)NCc1ccc(F)cc1. The van der Waals surface area contributed by atoms with Crippen molar-refractivity contribution < 1.29 is 18.8 Å². The van der Waals surface area contributed by atoms with Crippen molar-refractivity contribution in [3.8, 4) is 0 Å². The zero-order valence-electron chi connectivity index (χ0n) is 22.2. The van der Waals surface area contributed by atoms with E-state index >= 15 is 0 Å². The summed E-state index contributed by atoms with van der Waals surface area (Å²) in [4.78, 5) is 44.1. The minimum absolute atomic E-state index is 0.125. The smallest absolute Gasteiger partial charge is 0.333 e. The van der Waals surface area contributed by atoms with E-state index in [1.165, 1.54) is 33.3 Å². The van der Waals surface area contributed by atoms with Gasteiger partial charge in [-0.1, -0.05) is 61.2 Å². The maximum absolute atomic E-state index is 13.8. The van der Waals surface area contributed by atoms with Gasteiger partial charge in [-0.2, -0.15) is 0 Å². The summed E-state index contributed by atoms with van der Waals surface area (Å²) in [7, 11) is 0. The van der Waals surface area contributed by atoms with Crippen molar-refractivity contribution in [2.75, 3.05) is 19.6 Å². The van der Waals surface area contributed by atoms with E-state index in [2.05, 4.69) is 11.9 Å². The number of halogens is 1. The van der Waals surface area contributed by atoms with Gasteiger partial charge in [-0.05, 0) is 53.4 Å². The number of nitrogens with two attached hydrogens (primary N) is 1. The molecule has 0 aliphatic carbocycles. The average molecular weight is 545 g/mol. The quantitative estimate of drug-likeness (QED) is 0.454. The number of nitrogens with one attached hydrogen (secondary N) is 1. The summed E-state index contributed by atoms with van der Waals surface area (Å²) >= 11 is 0. The third kappa shape index (κ3) is 5.35. The number of urea groups is 1. The summed E-state index contributed by atoms with van der Waals surface area (Å²) in [6.45, 7) is 4.69. The Hall–Kier alpha value is -4.44. The van der Waals surface area contributed by atoms with Crippen LogP contribution in [0, 0.1) is 5.82 Å². The molecule has 0 radical (unpaired) electrons. The molecule has 4 amide bonds. The maximum atomic E-state index is 13.8. The summed E-state index contributed by atoms with van der Waals surface area (Å²) in [5.41, 5.74) is 7.49. The van der Waals surface area contributed by atoms with Crippen LogP contribution >= 0.6 is 0 Å². The van der Waals surface area contributed by atoms with Gasteiger partial charge in [0, 0.05) is 19.3 Å². The standard InChI is InChI=1S/C30H33FN6O3/c1-2-35-20-28(38)36-26(11-6-16-32)29(39)34(18-23-9-5-8-22-7-3-4-10-25(22)23)19-27(36)37(35)30(40)33-17-21-12-14-24(31)15-13-21/h2-5,7-10,12-15,26-27H,1,6,11,16-20,32H2,(H,33,40)/t26-,27-/m0/s1. The monoisotopic (exact) mass is 544 g/mol. The Labute approximate surface area is 232 Å². The molecule has 9 nitrogen and oxygen atoms in total. The average Bonchev–Trinajstić information content (AvgIpc) is 2.97. The van der Waals surface area contributed by atoms with E-state index in [9.17, 15) is 18.8 Å². The molecule has 3 aromatic carbocycles. The summed E-state index contributed by atoms with van der Waals surface area (Å²) in [6.07, 6.45) is 1.63. The molecule has 0 saturated carbocycles. The molecule has 0 bridgehead atoms. The predicted octanol–water partition coefficient (Wildman–Crippen LogP) is 3.17. The first-order valence-corrected chi connectivity index (χ1v) is 13.4. The lowest BCUT2D eigenvalue weighted by Crippen LogP contribution is -2.75. The number of amides is 4. The molecule has 40 heavy (non-hydrogen) atoms. The molecular formula is C30H33FN6O3. The predicted molar refractivity (Wildman–Crippen MR) is 149 cm³/mol. The van der Waals surface area contributed by atoms with Crippen molar-refractivity contribution in [1.29, 1.82) is 0 Å². The van der Waals surface area contributed by atoms with Gasteiger partial charge >= 0.3 is 6.03 Å². The van der Waals surface area contributed by atoms with Crippen LogP contribution in [0.5, 0.6) is 0 Å². The highest BCUT2D eigenvalue weighted by atomic mass is 19.1. The van der Waals surface area contributed by atoms with Gasteiger partial charge in [-0.25, -0.2) is 14.2 Å². The number of piperazine rings is 1. The third-order valence-electron chi connectivity index (χ3n) is 7.48. The van der Waals surface area contributed by atoms with Crippen LogP contribution < -0.4 is 11.1 Å². The minimum atomic E-state index is -0.747. The highest BCUT2D eigenvalue weighted by Crippen LogP contribution is 2.30. The van der Waals surface area contributed by atoms with E-state index in [0.29, 0.717) is 25.9 Å². The van der Waals surface area contributed by atoms with Crippen LogP contribution in [0.4, 0.5) is 9.18 Å². The number of carbonyl (C=O) groups is 3. The van der Waals surface area contributed by atoms with Gasteiger partial charge in [-0.15, -0.1) is 0 Å². The lowest BCUT2D eigenvalue weighted by atomic mass is 9.99. The van der Waals surface area contributed by atoms with Crippen molar-refractivity contribution >= 4 is 28.6 Å². The Morgan fingerprint density at radius 1 is 1.07 bits per heavy atom. The molecule has 2 saturated heterocycles. The van der Waals surface area contributed by atoms with Gasteiger partial charge in [-0.3, -0.25) is 14.6 Å². The first-order chi connectivity index (χ1) is 19.4. The van der Waals surface area contributed by atoms with E-state index in [-0.39, 0.29) is 37.3 Å². The van der Waals surface area contributed by atoms with Crippen molar-refractivity contribution in [2.24, 2.45) is 5.73 Å². The fourth-order valence-electron chi connectivity index (χ4n) is 5.53. The zero-order chi connectivity index (χ0) is 28.2. The molecule has 0 aromatic heterocycles. The number of rotatable bonds is 8. The van der Waals surface area contributed by atoms with Crippen molar-refractivity contribution in [2.45, 2.75) is 38.1 Å². The van der Waals surface area contributed by atoms with E-state index in [1.54, 1.807) is 17.0 Å². The molecule has 3 N–H and O–H groups in total. The second-order valence-electron chi connectivity index (χ2n) is 10.00. The zero-order valence-corrected chi connectivity index (χ0v) is 22.2. The van der Waals surface area contributed by atoms with E-state index in [1.807, 2.05) is 42.5 Å². The molecule has 0 spiro atoms. The topological polar surface area (TPSA) is 102 Å². The third-order valence-corrected chi connectivity index (χ3v) is 7.48. The number of hydrazine groups is 1. The normalized spacial score (nSPS) is 19.1. The molecule has 2 atom stereocenters. The fraction of sp³-hybridized carbons (Fsp3) is 0.300. The molecule has 2 aliphatic heterocycles. The molecule has 10 heteroatoms. The lowest BCUT2D eigenvalue weighted by Gasteiger charge is -2.55. The van der Waals surface area contributed by atoms with Gasteiger partial charge < -0.3 is 20.9 Å².